The van der Waals surface area contributed by atoms with Crippen molar-refractivity contribution in [3.63, 3.8) is 0 Å². The molecule has 14 nitrogen and oxygen atoms in total. The summed E-state index contributed by atoms with van der Waals surface area (Å²) in [7, 11) is -40.5. The zero-order valence-corrected chi connectivity index (χ0v) is 39.6. The van der Waals surface area contributed by atoms with Crippen molar-refractivity contribution in [1.82, 2.24) is 0 Å². The van der Waals surface area contributed by atoms with E-state index in [1.165, 1.54) is 39.9 Å². The molecule has 0 N–H and O–H groups in total. The highest BCUT2D eigenvalue weighted by molar-refractivity contribution is 7.07. The van der Waals surface area contributed by atoms with Crippen LogP contribution in [0.4, 0.5) is 0 Å². The van der Waals surface area contributed by atoms with Crippen LogP contribution >= 0.6 is 0 Å². The van der Waals surface area contributed by atoms with E-state index in [1.807, 2.05) is 0 Å². The Morgan fingerprint density at radius 3 is 0.896 bits per heavy atom. The van der Waals surface area contributed by atoms with Crippen molar-refractivity contribution in [2.24, 2.45) is 0 Å². The van der Waals surface area contributed by atoms with E-state index >= 15 is 0 Å². The first-order valence-corrected chi connectivity index (χ1v) is 39.2. The maximum Gasteiger partial charge on any atom is 0.507 e. The topological polar surface area (TPSA) is 129 Å². The van der Waals surface area contributed by atoms with Crippen molar-refractivity contribution in [3.8, 4) is 0 Å². The molecule has 0 aliphatic carbocycles. The molecule has 0 amide bonds. The Balaban J connectivity index is 1.73. The Morgan fingerprint density at radius 1 is 0.417 bits per heavy atom. The smallest absolute Gasteiger partial charge is 0.437 e. The Hall–Kier alpha value is 0.00571. The third-order valence-corrected chi connectivity index (χ3v) is 49.9. The standard InChI is InChI=1S/C23H46O14Si11/c1-15-41-26-42(16-2)29-45(19-5)31-43(17-3,27-41)33-47(21-7)34-44(18-4,28-41)32-46(20-6,30-42)36-48(35-45,37-47)23-22-39(11,12)25-40(13,14)24-38(8,9)10/h15-21H,1-7,22-23H2,8-14H3. The summed E-state index contributed by atoms with van der Waals surface area (Å²) in [4.78, 5) is 0. The minimum atomic E-state index is -4.22. The normalized spacial score (nSPS) is 43.9. The monoisotopic (exact) mass is 854 g/mol. The van der Waals surface area contributed by atoms with E-state index in [1.54, 1.807) is 0 Å². The lowest BCUT2D eigenvalue weighted by molar-refractivity contribution is -0.00895. The molecule has 6 heterocycles. The van der Waals surface area contributed by atoms with E-state index in [2.05, 4.69) is 91.9 Å². The van der Waals surface area contributed by atoms with Crippen LogP contribution in [0.3, 0.4) is 0 Å². The highest BCUT2D eigenvalue weighted by Crippen LogP contribution is 2.50. The first kappa shape index (κ1) is 39.2. The predicted molar refractivity (Wildman–Crippen MR) is 201 cm³/mol. The lowest BCUT2D eigenvalue weighted by Gasteiger charge is -2.60. The fourth-order valence-corrected chi connectivity index (χ4v) is 62.4. The molecule has 0 atom stereocenters. The Morgan fingerprint density at radius 2 is 0.667 bits per heavy atom. The SMILES string of the molecule is C=C[Si]12O[Si]3(C=C)O[Si]4(C=C)O[Si](C=C)(O1)O[Si]1(C=C)O[Si](C=C)(O2)O[Si](C=C)(O3)O[Si](CC[Si](C)(C)O[Si](C)(C)O[Si](C)(C)C)(O4)O1. The van der Waals surface area contributed by atoms with Gasteiger partial charge in [0.2, 0.25) is 0 Å². The van der Waals surface area contributed by atoms with Crippen LogP contribution < -0.4 is 0 Å². The first-order chi connectivity index (χ1) is 22.0. The van der Waals surface area contributed by atoms with Crippen LogP contribution in [0.25, 0.3) is 0 Å². The van der Waals surface area contributed by atoms with E-state index in [4.69, 9.17) is 57.6 Å². The zero-order chi connectivity index (χ0) is 35.8. The Labute approximate surface area is 295 Å². The van der Waals surface area contributed by atoms with Crippen molar-refractivity contribution >= 4 is 95.6 Å². The zero-order valence-electron chi connectivity index (χ0n) is 28.6. The van der Waals surface area contributed by atoms with Gasteiger partial charge in [-0.3, -0.25) is 0 Å². The summed E-state index contributed by atoms with van der Waals surface area (Å²) >= 11 is 0. The van der Waals surface area contributed by atoms with Gasteiger partial charge < -0.3 is 57.6 Å². The summed E-state index contributed by atoms with van der Waals surface area (Å²) in [5, 5.41) is 0. The predicted octanol–water partition coefficient (Wildman–Crippen LogP) is 4.62. The van der Waals surface area contributed by atoms with Gasteiger partial charge in [-0.25, -0.2) is 0 Å². The molecule has 0 unspecified atom stereocenters. The molecule has 0 aromatic carbocycles. The van der Waals surface area contributed by atoms with Gasteiger partial charge in [0.05, 0.1) is 0 Å². The highest BCUT2D eigenvalue weighted by atomic mass is 28.6. The van der Waals surface area contributed by atoms with Crippen LogP contribution in [0.5, 0.6) is 0 Å². The van der Waals surface area contributed by atoms with Gasteiger partial charge in [-0.1, -0.05) is 0 Å². The van der Waals surface area contributed by atoms with Gasteiger partial charge in [0.1, 0.15) is 0 Å². The van der Waals surface area contributed by atoms with Crippen LogP contribution in [0.1, 0.15) is 0 Å². The van der Waals surface area contributed by atoms with E-state index in [0.717, 1.165) is 0 Å². The molecule has 6 rings (SSSR count). The van der Waals surface area contributed by atoms with Crippen molar-refractivity contribution in [3.05, 3.63) is 85.9 Å². The minimum absolute atomic E-state index is 0.200. The summed E-state index contributed by atoms with van der Waals surface area (Å²) < 4.78 is 95.5. The van der Waals surface area contributed by atoms with Crippen molar-refractivity contribution in [1.29, 1.82) is 0 Å². The van der Waals surface area contributed by atoms with Crippen LogP contribution in [0.15, 0.2) is 85.9 Å². The average molecular weight is 856 g/mol. The number of hydrogen-bond donors (Lipinski definition) is 0. The quantitative estimate of drug-likeness (QED) is 0.226. The molecule has 6 saturated heterocycles. The van der Waals surface area contributed by atoms with Gasteiger partial charge >= 0.3 is 79.0 Å². The van der Waals surface area contributed by atoms with Gasteiger partial charge in [0.25, 0.3) is 0 Å². The molecular formula is C23H46O14Si11. The van der Waals surface area contributed by atoms with Crippen molar-refractivity contribution < 1.29 is 57.6 Å². The van der Waals surface area contributed by atoms with Gasteiger partial charge in [-0.05, 0) is 91.8 Å². The summed E-state index contributed by atoms with van der Waals surface area (Å²) in [6.07, 6.45) is 0. The first-order valence-electron chi connectivity index (χ1n) is 15.3. The summed E-state index contributed by atoms with van der Waals surface area (Å²) in [5.74, 6) is 0. The molecule has 0 spiro atoms. The molecule has 6 aliphatic heterocycles. The number of hydrogen-bond acceptors (Lipinski definition) is 14. The second kappa shape index (κ2) is 12.6. The van der Waals surface area contributed by atoms with Gasteiger partial charge in [-0.15, -0.1) is 46.1 Å². The maximum atomic E-state index is 7.06. The lowest BCUT2D eigenvalue weighted by Crippen LogP contribution is -2.87. The molecular weight excluding hydrogens is 809 g/mol. The molecule has 0 aromatic rings. The van der Waals surface area contributed by atoms with E-state index in [9.17, 15) is 0 Å². The van der Waals surface area contributed by atoms with Crippen molar-refractivity contribution in [2.45, 2.75) is 57.9 Å². The maximum absolute atomic E-state index is 7.06. The molecule has 8 bridgehead atoms. The summed E-state index contributed by atoms with van der Waals surface area (Å²) in [6.45, 7) is 43.0. The van der Waals surface area contributed by atoms with E-state index in [-0.39, 0.29) is 6.04 Å². The molecule has 0 radical (unpaired) electrons. The minimum Gasteiger partial charge on any atom is -0.437 e. The number of rotatable bonds is 14. The van der Waals surface area contributed by atoms with Crippen LogP contribution in [0, 0.1) is 0 Å². The molecule has 6 fully saturated rings. The molecule has 25 heteroatoms. The van der Waals surface area contributed by atoms with Crippen LogP contribution in [-0.2, 0) is 57.6 Å². The van der Waals surface area contributed by atoms with Crippen LogP contribution in [-0.4, -0.2) is 95.6 Å². The second-order valence-corrected chi connectivity index (χ2v) is 49.2. The fraction of sp³-hybridized carbons (Fsp3) is 0.391. The molecule has 0 saturated carbocycles. The molecule has 266 valence electrons. The third-order valence-electron chi connectivity index (χ3n) is 7.31. The Bertz CT molecular complexity index is 1260. The van der Waals surface area contributed by atoms with E-state index < -0.39 is 95.6 Å². The van der Waals surface area contributed by atoms with Crippen LogP contribution in [0.2, 0.25) is 57.9 Å². The summed E-state index contributed by atoms with van der Waals surface area (Å²) in [5.41, 5.74) is 9.89. The Kier molecular flexibility index (Phi) is 10.3. The highest BCUT2D eigenvalue weighted by Gasteiger charge is 2.81. The second-order valence-electron chi connectivity index (χ2n) is 13.5. The largest absolute Gasteiger partial charge is 0.507 e. The average Bonchev–Trinajstić information content (AvgIpc) is 2.93. The van der Waals surface area contributed by atoms with Crippen molar-refractivity contribution in [2.75, 3.05) is 0 Å². The lowest BCUT2D eigenvalue weighted by atomic mass is 10.9. The van der Waals surface area contributed by atoms with Gasteiger partial charge in [0, 0.05) is 6.04 Å². The molecule has 0 aromatic heterocycles. The fourth-order valence-electron chi connectivity index (χ4n) is 5.89. The van der Waals surface area contributed by atoms with Gasteiger partial charge in [0.15, 0.2) is 16.6 Å². The molecule has 48 heavy (non-hydrogen) atoms. The summed E-state index contributed by atoms with van der Waals surface area (Å²) in [6, 6.07) is 0.703. The van der Waals surface area contributed by atoms with E-state index in [0.29, 0.717) is 6.04 Å². The molecule has 6 aliphatic rings. The third kappa shape index (κ3) is 7.43. The van der Waals surface area contributed by atoms with Gasteiger partial charge in [-0.2, -0.15) is 0 Å².